The number of nitrogen functional groups attached to an aromatic ring is 1. The van der Waals surface area contributed by atoms with Crippen molar-refractivity contribution in [2.75, 3.05) is 5.73 Å². The van der Waals surface area contributed by atoms with Gasteiger partial charge in [-0.3, -0.25) is 4.98 Å². The van der Waals surface area contributed by atoms with Crippen molar-refractivity contribution >= 4 is 5.82 Å². The van der Waals surface area contributed by atoms with E-state index in [9.17, 15) is 4.39 Å². The van der Waals surface area contributed by atoms with Gasteiger partial charge in [0.15, 0.2) is 11.6 Å². The standard InChI is InChI=1S/C17H20FN3O/c1-4-6-11(3)12-7-8-13(16(18)17(12)22-5-2)14-9-21-15(19)10-20-14/h5,7-11H,2,4,6H2,1,3H3,(H2,19,21). The molecule has 2 aromatic rings. The van der Waals surface area contributed by atoms with E-state index in [0.29, 0.717) is 17.1 Å². The van der Waals surface area contributed by atoms with E-state index in [1.807, 2.05) is 6.07 Å². The quantitative estimate of drug-likeness (QED) is 0.808. The first-order valence-corrected chi connectivity index (χ1v) is 7.26. The Bertz CT molecular complexity index is 656. The number of halogens is 1. The molecule has 1 unspecified atom stereocenters. The van der Waals surface area contributed by atoms with E-state index in [4.69, 9.17) is 10.5 Å². The van der Waals surface area contributed by atoms with E-state index in [2.05, 4.69) is 30.4 Å². The number of nitrogens with zero attached hydrogens (tertiary/aromatic N) is 2. The molecule has 2 rings (SSSR count). The van der Waals surface area contributed by atoms with E-state index in [1.165, 1.54) is 18.7 Å². The van der Waals surface area contributed by atoms with E-state index >= 15 is 0 Å². The molecule has 0 aliphatic rings. The lowest BCUT2D eigenvalue weighted by molar-refractivity contribution is 0.431. The number of benzene rings is 1. The summed E-state index contributed by atoms with van der Waals surface area (Å²) in [5.74, 6) is 0.229. The number of ether oxygens (including phenoxy) is 1. The van der Waals surface area contributed by atoms with Gasteiger partial charge in [0.2, 0.25) is 0 Å². The second-order valence-electron chi connectivity index (χ2n) is 5.15. The van der Waals surface area contributed by atoms with Crippen LogP contribution in [0.5, 0.6) is 5.75 Å². The van der Waals surface area contributed by atoms with Crippen LogP contribution in [0.1, 0.15) is 38.2 Å². The molecule has 0 radical (unpaired) electrons. The van der Waals surface area contributed by atoms with Gasteiger partial charge in [-0.2, -0.15) is 0 Å². The minimum Gasteiger partial charge on any atom is -0.462 e. The maximum Gasteiger partial charge on any atom is 0.175 e. The highest BCUT2D eigenvalue weighted by Gasteiger charge is 2.20. The van der Waals surface area contributed by atoms with Crippen LogP contribution in [-0.2, 0) is 0 Å². The lowest BCUT2D eigenvalue weighted by Gasteiger charge is -2.17. The molecule has 0 aliphatic carbocycles. The van der Waals surface area contributed by atoms with Crippen molar-refractivity contribution < 1.29 is 9.13 Å². The van der Waals surface area contributed by atoms with Crippen molar-refractivity contribution in [1.82, 2.24) is 9.97 Å². The summed E-state index contributed by atoms with van der Waals surface area (Å²) in [4.78, 5) is 8.06. The Morgan fingerprint density at radius 1 is 1.36 bits per heavy atom. The second-order valence-corrected chi connectivity index (χ2v) is 5.15. The lowest BCUT2D eigenvalue weighted by Crippen LogP contribution is -2.02. The molecule has 2 N–H and O–H groups in total. The molecule has 0 spiro atoms. The first-order valence-electron chi connectivity index (χ1n) is 7.26. The van der Waals surface area contributed by atoms with Gasteiger partial charge in [0, 0.05) is 11.1 Å². The molecule has 0 aliphatic heterocycles. The minimum atomic E-state index is -0.459. The summed E-state index contributed by atoms with van der Waals surface area (Å²) in [5, 5.41) is 0. The molecular weight excluding hydrogens is 281 g/mol. The fourth-order valence-electron chi connectivity index (χ4n) is 2.43. The average molecular weight is 301 g/mol. The smallest absolute Gasteiger partial charge is 0.175 e. The predicted octanol–water partition coefficient (Wildman–Crippen LogP) is 4.29. The number of aromatic nitrogens is 2. The van der Waals surface area contributed by atoms with Gasteiger partial charge < -0.3 is 10.5 Å². The molecule has 0 bridgehead atoms. The van der Waals surface area contributed by atoms with E-state index in [1.54, 1.807) is 6.07 Å². The van der Waals surface area contributed by atoms with Gasteiger partial charge in [-0.15, -0.1) is 0 Å². The Balaban J connectivity index is 2.52. The van der Waals surface area contributed by atoms with E-state index in [0.717, 1.165) is 18.4 Å². The highest BCUT2D eigenvalue weighted by atomic mass is 19.1. The van der Waals surface area contributed by atoms with Crippen LogP contribution in [-0.4, -0.2) is 9.97 Å². The van der Waals surface area contributed by atoms with Crippen molar-refractivity contribution in [3.8, 4) is 17.0 Å². The maximum absolute atomic E-state index is 14.8. The van der Waals surface area contributed by atoms with Gasteiger partial charge in [0.1, 0.15) is 5.82 Å². The Hall–Kier alpha value is -2.43. The summed E-state index contributed by atoms with van der Waals surface area (Å²) in [6.45, 7) is 7.67. The van der Waals surface area contributed by atoms with Crippen molar-refractivity contribution in [3.63, 3.8) is 0 Å². The molecule has 0 amide bonds. The monoisotopic (exact) mass is 301 g/mol. The van der Waals surface area contributed by atoms with Gasteiger partial charge in [-0.1, -0.05) is 32.9 Å². The van der Waals surface area contributed by atoms with Crippen molar-refractivity contribution in [1.29, 1.82) is 0 Å². The molecular formula is C17H20FN3O. The summed E-state index contributed by atoms with van der Waals surface area (Å²) < 4.78 is 20.2. The van der Waals surface area contributed by atoms with Crippen LogP contribution < -0.4 is 10.5 Å². The molecule has 1 heterocycles. The highest BCUT2D eigenvalue weighted by molar-refractivity contribution is 5.64. The maximum atomic E-state index is 14.8. The number of hydrogen-bond acceptors (Lipinski definition) is 4. The molecule has 1 atom stereocenters. The predicted molar refractivity (Wildman–Crippen MR) is 86.0 cm³/mol. The number of rotatable bonds is 6. The van der Waals surface area contributed by atoms with Crippen LogP contribution in [0.4, 0.5) is 10.2 Å². The zero-order valence-electron chi connectivity index (χ0n) is 12.8. The zero-order chi connectivity index (χ0) is 16.1. The first-order chi connectivity index (χ1) is 10.6. The zero-order valence-corrected chi connectivity index (χ0v) is 12.8. The molecule has 1 aromatic carbocycles. The van der Waals surface area contributed by atoms with E-state index < -0.39 is 5.82 Å². The number of anilines is 1. The minimum absolute atomic E-state index is 0.195. The largest absolute Gasteiger partial charge is 0.462 e. The molecule has 0 fully saturated rings. The fourth-order valence-corrected chi connectivity index (χ4v) is 2.43. The highest BCUT2D eigenvalue weighted by Crippen LogP contribution is 2.36. The molecule has 0 saturated heterocycles. The third-order valence-corrected chi connectivity index (χ3v) is 3.53. The number of hydrogen-bond donors (Lipinski definition) is 1. The summed E-state index contributed by atoms with van der Waals surface area (Å²) in [7, 11) is 0. The Morgan fingerprint density at radius 3 is 2.73 bits per heavy atom. The Labute approximate surface area is 129 Å². The van der Waals surface area contributed by atoms with Gasteiger partial charge >= 0.3 is 0 Å². The fraction of sp³-hybridized carbons (Fsp3) is 0.294. The average Bonchev–Trinajstić information content (AvgIpc) is 2.50. The molecule has 116 valence electrons. The Morgan fingerprint density at radius 2 is 2.14 bits per heavy atom. The van der Waals surface area contributed by atoms with Crippen molar-refractivity contribution in [2.45, 2.75) is 32.6 Å². The molecule has 22 heavy (non-hydrogen) atoms. The van der Waals surface area contributed by atoms with Crippen LogP contribution >= 0.6 is 0 Å². The molecule has 0 saturated carbocycles. The topological polar surface area (TPSA) is 61.0 Å². The molecule has 5 heteroatoms. The molecule has 1 aromatic heterocycles. The normalized spacial score (nSPS) is 12.0. The summed E-state index contributed by atoms with van der Waals surface area (Å²) in [5.41, 5.74) is 7.08. The van der Waals surface area contributed by atoms with Crippen LogP contribution in [0.15, 0.2) is 37.4 Å². The summed E-state index contributed by atoms with van der Waals surface area (Å²) in [6.07, 6.45) is 6.05. The summed E-state index contributed by atoms with van der Waals surface area (Å²) >= 11 is 0. The van der Waals surface area contributed by atoms with Crippen molar-refractivity contribution in [3.05, 3.63) is 48.7 Å². The van der Waals surface area contributed by atoms with Crippen molar-refractivity contribution in [2.24, 2.45) is 0 Å². The van der Waals surface area contributed by atoms with Gasteiger partial charge in [-0.05, 0) is 18.4 Å². The van der Waals surface area contributed by atoms with Crippen LogP contribution in [0.2, 0.25) is 0 Å². The third kappa shape index (κ3) is 3.24. The van der Waals surface area contributed by atoms with Crippen LogP contribution in [0, 0.1) is 5.82 Å². The van der Waals surface area contributed by atoms with Gasteiger partial charge in [0.05, 0.1) is 24.3 Å². The lowest BCUT2D eigenvalue weighted by atomic mass is 9.93. The molecule has 4 nitrogen and oxygen atoms in total. The number of nitrogens with two attached hydrogens (primary N) is 1. The van der Waals surface area contributed by atoms with Gasteiger partial charge in [-0.25, -0.2) is 9.37 Å². The Kier molecular flexibility index (Phi) is 5.09. The van der Waals surface area contributed by atoms with Crippen LogP contribution in [0.25, 0.3) is 11.3 Å². The van der Waals surface area contributed by atoms with E-state index in [-0.39, 0.29) is 11.7 Å². The second kappa shape index (κ2) is 7.02. The third-order valence-electron chi connectivity index (χ3n) is 3.53. The first kappa shape index (κ1) is 15.9. The SMILES string of the molecule is C=COc1c(C(C)CCC)ccc(-c2cnc(N)cn2)c1F. The van der Waals surface area contributed by atoms with Gasteiger partial charge in [0.25, 0.3) is 0 Å². The summed E-state index contributed by atoms with van der Waals surface area (Å²) in [6, 6.07) is 3.57. The van der Waals surface area contributed by atoms with Crippen LogP contribution in [0.3, 0.4) is 0 Å².